The summed E-state index contributed by atoms with van der Waals surface area (Å²) >= 11 is 0. The molecule has 0 atom stereocenters. The average molecular weight is 434 g/mol. The molecule has 3 nitrogen and oxygen atoms in total. The van der Waals surface area contributed by atoms with Crippen LogP contribution in [0.3, 0.4) is 0 Å². The topological polar surface area (TPSA) is 60.5 Å². The van der Waals surface area contributed by atoms with Crippen molar-refractivity contribution in [2.45, 2.75) is 0 Å². The molecule has 0 radical (unpaired) electrons. The first-order valence-corrected chi connectivity index (χ1v) is 10.9. The standard InChI is InChI=1S/C31H19N3/c32-20-22-11-12-27(21-33)29(17-22)24-15-13-23(14-16-24)28-18-30(25-7-3-1-4-8-25)34-31(19-28)26-9-5-2-6-10-26/h1-19H. The monoisotopic (exact) mass is 433 g/mol. The summed E-state index contributed by atoms with van der Waals surface area (Å²) in [6.45, 7) is 0. The highest BCUT2D eigenvalue weighted by Crippen LogP contribution is 2.32. The van der Waals surface area contributed by atoms with E-state index in [2.05, 4.69) is 60.7 Å². The summed E-state index contributed by atoms with van der Waals surface area (Å²) < 4.78 is 0. The smallest absolute Gasteiger partial charge is 0.0998 e. The van der Waals surface area contributed by atoms with E-state index in [4.69, 9.17) is 4.98 Å². The summed E-state index contributed by atoms with van der Waals surface area (Å²) in [4.78, 5) is 4.94. The minimum atomic E-state index is 0.534. The SMILES string of the molecule is N#Cc1ccc(C#N)c(-c2ccc(-c3cc(-c4ccccc4)nc(-c4ccccc4)c3)cc2)c1. The molecule has 3 heteroatoms. The molecule has 0 bridgehead atoms. The van der Waals surface area contributed by atoms with Crippen molar-refractivity contribution in [3.8, 4) is 56.9 Å². The van der Waals surface area contributed by atoms with E-state index in [1.807, 2.05) is 48.5 Å². The van der Waals surface area contributed by atoms with Gasteiger partial charge in [0.1, 0.15) is 0 Å². The average Bonchev–Trinajstić information content (AvgIpc) is 2.93. The second-order valence-corrected chi connectivity index (χ2v) is 7.92. The molecule has 0 saturated heterocycles. The summed E-state index contributed by atoms with van der Waals surface area (Å²) in [5.74, 6) is 0. The number of benzene rings is 4. The first-order valence-electron chi connectivity index (χ1n) is 10.9. The van der Waals surface area contributed by atoms with Crippen LogP contribution in [0, 0.1) is 22.7 Å². The molecule has 4 aromatic carbocycles. The van der Waals surface area contributed by atoms with Crippen LogP contribution in [0.1, 0.15) is 11.1 Å². The lowest BCUT2D eigenvalue weighted by Crippen LogP contribution is -1.91. The first-order chi connectivity index (χ1) is 16.7. The van der Waals surface area contributed by atoms with Gasteiger partial charge in [0.05, 0.1) is 34.7 Å². The van der Waals surface area contributed by atoms with Crippen LogP contribution in [0.15, 0.2) is 115 Å². The Morgan fingerprint density at radius 1 is 0.471 bits per heavy atom. The molecule has 0 unspecified atom stereocenters. The van der Waals surface area contributed by atoms with Gasteiger partial charge in [0, 0.05) is 16.7 Å². The maximum Gasteiger partial charge on any atom is 0.0998 e. The van der Waals surface area contributed by atoms with Crippen LogP contribution in [0.4, 0.5) is 0 Å². The Hall–Kier alpha value is -4.99. The van der Waals surface area contributed by atoms with Crippen molar-refractivity contribution in [1.82, 2.24) is 4.98 Å². The van der Waals surface area contributed by atoms with E-state index in [0.29, 0.717) is 11.1 Å². The predicted molar refractivity (Wildman–Crippen MR) is 135 cm³/mol. The van der Waals surface area contributed by atoms with Gasteiger partial charge in [-0.1, -0.05) is 84.9 Å². The molecule has 0 N–H and O–H groups in total. The predicted octanol–water partition coefficient (Wildman–Crippen LogP) is 7.49. The van der Waals surface area contributed by atoms with E-state index in [0.717, 1.165) is 44.8 Å². The van der Waals surface area contributed by atoms with Crippen LogP contribution < -0.4 is 0 Å². The molecule has 1 aromatic heterocycles. The van der Waals surface area contributed by atoms with Gasteiger partial charge in [0.15, 0.2) is 0 Å². The van der Waals surface area contributed by atoms with Crippen LogP contribution in [-0.2, 0) is 0 Å². The minimum Gasteiger partial charge on any atom is -0.248 e. The number of hydrogen-bond donors (Lipinski definition) is 0. The zero-order chi connectivity index (χ0) is 23.3. The molecule has 5 rings (SSSR count). The third kappa shape index (κ3) is 4.19. The zero-order valence-electron chi connectivity index (χ0n) is 18.3. The largest absolute Gasteiger partial charge is 0.248 e. The van der Waals surface area contributed by atoms with Gasteiger partial charge in [0.25, 0.3) is 0 Å². The van der Waals surface area contributed by atoms with Gasteiger partial charge < -0.3 is 0 Å². The van der Waals surface area contributed by atoms with Gasteiger partial charge in [-0.05, 0) is 47.0 Å². The first kappa shape index (κ1) is 20.9. The molecule has 0 aliphatic carbocycles. The Morgan fingerprint density at radius 3 is 1.56 bits per heavy atom. The lowest BCUT2D eigenvalue weighted by molar-refractivity contribution is 1.32. The van der Waals surface area contributed by atoms with Crippen LogP contribution in [-0.4, -0.2) is 4.98 Å². The maximum atomic E-state index is 9.51. The summed E-state index contributed by atoms with van der Waals surface area (Å²) in [5.41, 5.74) is 8.80. The van der Waals surface area contributed by atoms with Gasteiger partial charge in [-0.25, -0.2) is 4.98 Å². The molecular weight excluding hydrogens is 414 g/mol. The Morgan fingerprint density at radius 2 is 1.03 bits per heavy atom. The number of nitrogens with zero attached hydrogens (tertiary/aromatic N) is 3. The molecule has 0 aliphatic heterocycles. The van der Waals surface area contributed by atoms with Crippen LogP contribution >= 0.6 is 0 Å². The van der Waals surface area contributed by atoms with Gasteiger partial charge >= 0.3 is 0 Å². The number of pyridine rings is 1. The second-order valence-electron chi connectivity index (χ2n) is 7.92. The Balaban J connectivity index is 1.60. The molecule has 0 aliphatic rings. The zero-order valence-corrected chi connectivity index (χ0v) is 18.3. The highest BCUT2D eigenvalue weighted by molar-refractivity contribution is 5.79. The van der Waals surface area contributed by atoms with E-state index < -0.39 is 0 Å². The number of rotatable bonds is 4. The van der Waals surface area contributed by atoms with Crippen molar-refractivity contribution >= 4 is 0 Å². The molecule has 0 spiro atoms. The maximum absolute atomic E-state index is 9.51. The molecule has 0 saturated carbocycles. The van der Waals surface area contributed by atoms with E-state index >= 15 is 0 Å². The second kappa shape index (κ2) is 9.25. The molecule has 0 fully saturated rings. The summed E-state index contributed by atoms with van der Waals surface area (Å²) in [6.07, 6.45) is 0. The van der Waals surface area contributed by atoms with Crippen LogP contribution in [0.2, 0.25) is 0 Å². The fraction of sp³-hybridized carbons (Fsp3) is 0. The van der Waals surface area contributed by atoms with Crippen LogP contribution in [0.5, 0.6) is 0 Å². The Bertz CT molecular complexity index is 1480. The fourth-order valence-corrected chi connectivity index (χ4v) is 4.00. The lowest BCUT2D eigenvalue weighted by Gasteiger charge is -2.11. The Labute approximate surface area is 198 Å². The molecule has 34 heavy (non-hydrogen) atoms. The number of hydrogen-bond acceptors (Lipinski definition) is 3. The van der Waals surface area contributed by atoms with E-state index in [1.54, 1.807) is 18.2 Å². The van der Waals surface area contributed by atoms with E-state index in [-0.39, 0.29) is 0 Å². The molecular formula is C31H19N3. The quantitative estimate of drug-likeness (QED) is 0.295. The van der Waals surface area contributed by atoms with Crippen molar-refractivity contribution in [3.63, 3.8) is 0 Å². The minimum absolute atomic E-state index is 0.534. The third-order valence-electron chi connectivity index (χ3n) is 5.76. The highest BCUT2D eigenvalue weighted by Gasteiger charge is 2.11. The van der Waals surface area contributed by atoms with Gasteiger partial charge in [-0.3, -0.25) is 0 Å². The fourth-order valence-electron chi connectivity index (χ4n) is 4.00. The summed E-state index contributed by atoms with van der Waals surface area (Å²) in [7, 11) is 0. The summed E-state index contributed by atoms with van der Waals surface area (Å²) in [6, 6.07) is 42.1. The normalized spacial score (nSPS) is 10.3. The Kier molecular flexibility index (Phi) is 5.68. The number of aromatic nitrogens is 1. The highest BCUT2D eigenvalue weighted by atomic mass is 14.7. The van der Waals surface area contributed by atoms with Crippen molar-refractivity contribution in [3.05, 3.63) is 126 Å². The third-order valence-corrected chi connectivity index (χ3v) is 5.76. The van der Waals surface area contributed by atoms with Crippen molar-refractivity contribution < 1.29 is 0 Å². The van der Waals surface area contributed by atoms with E-state index in [9.17, 15) is 10.5 Å². The van der Waals surface area contributed by atoms with Crippen molar-refractivity contribution in [1.29, 1.82) is 10.5 Å². The van der Waals surface area contributed by atoms with Crippen molar-refractivity contribution in [2.75, 3.05) is 0 Å². The molecule has 1 heterocycles. The van der Waals surface area contributed by atoms with Gasteiger partial charge in [0.2, 0.25) is 0 Å². The van der Waals surface area contributed by atoms with E-state index in [1.165, 1.54) is 0 Å². The van der Waals surface area contributed by atoms with Crippen LogP contribution in [0.25, 0.3) is 44.8 Å². The lowest BCUT2D eigenvalue weighted by atomic mass is 9.95. The van der Waals surface area contributed by atoms with Gasteiger partial charge in [-0.15, -0.1) is 0 Å². The van der Waals surface area contributed by atoms with Gasteiger partial charge in [-0.2, -0.15) is 10.5 Å². The number of nitriles is 2. The summed E-state index contributed by atoms with van der Waals surface area (Å²) in [5, 5.41) is 18.8. The molecule has 5 aromatic rings. The molecule has 158 valence electrons. The van der Waals surface area contributed by atoms with Crippen molar-refractivity contribution in [2.24, 2.45) is 0 Å². The molecule has 0 amide bonds.